The van der Waals surface area contributed by atoms with Crippen LogP contribution in [0, 0.1) is 29.6 Å². The van der Waals surface area contributed by atoms with E-state index in [0.717, 1.165) is 6.92 Å². The topological polar surface area (TPSA) is 550 Å². The third kappa shape index (κ3) is 27.9. The van der Waals surface area contributed by atoms with Crippen molar-refractivity contribution in [1.82, 2.24) is 53.2 Å². The van der Waals surface area contributed by atoms with Gasteiger partial charge in [0, 0.05) is 16.7 Å². The average Bonchev–Trinajstić information content (AvgIpc) is 0.816. The largest absolute Gasteiger partial charge is 0.453 e. The first-order chi connectivity index (χ1) is 46.9. The van der Waals surface area contributed by atoms with Crippen molar-refractivity contribution in [2.45, 2.75) is 200 Å². The van der Waals surface area contributed by atoms with Gasteiger partial charge in [-0.15, -0.1) is 0 Å². The molecule has 0 aromatic heterocycles. The monoisotopic (exact) mass is 1470 g/mol. The lowest BCUT2D eigenvalue weighted by Crippen LogP contribution is -2.64. The number of carbonyl (C=O) groups is 13. The summed E-state index contributed by atoms with van der Waals surface area (Å²) in [5.41, 5.74) is 23.1. The maximum absolute atomic E-state index is 15.5. The summed E-state index contributed by atoms with van der Waals surface area (Å²) in [7, 11) is 0. The van der Waals surface area contributed by atoms with E-state index in [1.54, 1.807) is 47.6 Å². The fourth-order valence-corrected chi connectivity index (χ4v) is 10.6. The van der Waals surface area contributed by atoms with Crippen molar-refractivity contribution in [1.29, 1.82) is 0 Å². The molecular weight excluding hydrogens is 1370 g/mol. The molecule has 1 aliphatic heterocycles. The molecule has 22 N–H and O–H groups in total. The highest BCUT2D eigenvalue weighted by Crippen LogP contribution is 2.25. The Bertz CT molecular complexity index is 3170. The van der Waals surface area contributed by atoms with Crippen molar-refractivity contribution >= 4 is 105 Å². The van der Waals surface area contributed by atoms with E-state index in [1.165, 1.54) is 62.4 Å². The highest BCUT2D eigenvalue weighted by Gasteiger charge is 2.45. The van der Waals surface area contributed by atoms with Gasteiger partial charge in [-0.05, 0) is 92.4 Å². The van der Waals surface area contributed by atoms with Gasteiger partial charge in [0.1, 0.15) is 42.3 Å². The van der Waals surface area contributed by atoms with Gasteiger partial charge in [0.25, 0.3) is 5.91 Å². The number of nitrogens with two attached hydrogens (primary N) is 4. The number of benzene rings is 2. The number of halogens is 1. The first kappa shape index (κ1) is 85.2. The number of nitrogens with one attached hydrogen (secondary N) is 11. The predicted molar refractivity (Wildman–Crippen MR) is 368 cm³/mol. The van der Waals surface area contributed by atoms with Crippen molar-refractivity contribution in [3.05, 3.63) is 64.6 Å². The number of primary amides is 1. The van der Waals surface area contributed by atoms with Crippen molar-refractivity contribution < 1.29 is 87.1 Å². The quantitative estimate of drug-likeness (QED) is 0.0213. The Morgan fingerprint density at radius 1 is 0.670 bits per heavy atom. The first-order valence-electron chi connectivity index (χ1n) is 33.0. The summed E-state index contributed by atoms with van der Waals surface area (Å²) < 4.78 is 11.8. The maximum atomic E-state index is 15.5. The zero-order chi connectivity index (χ0) is 75.4. The van der Waals surface area contributed by atoms with Crippen LogP contribution >= 0.6 is 15.9 Å². The van der Waals surface area contributed by atoms with E-state index in [-0.39, 0.29) is 74.1 Å². The molecule has 0 spiro atoms. The van der Waals surface area contributed by atoms with Crippen molar-refractivity contribution in [2.24, 2.45) is 57.5 Å². The van der Waals surface area contributed by atoms with Gasteiger partial charge in [0.05, 0.1) is 31.4 Å². The summed E-state index contributed by atoms with van der Waals surface area (Å²) in [6, 6.07) is -5.30. The van der Waals surface area contributed by atoms with Crippen LogP contribution in [0.3, 0.4) is 0 Å². The SMILES string of the molecule is CC[C@H](C)[C@@H]1NC(=O)[C@@H](CCCN=C(N)N)NC(=O)[C@H](CC(C)C)NC(=O)[C@H]([C@H](O)C(C)C)NC(=O)[C@@H](NC(=O)[C@H](CC(C)C)NC(=O)[C@H](N)CC(C)C)[C@@H](c2ccccc2)OC(=O)[C@H](CO)NC(=O)[C@H]([C@H](OC(=O)Nc2cccc(Br)c2)C(N)=O)NC(=O)CNC(=O)[C@H]([C@H](C)O)NC1=O. The zero-order valence-corrected chi connectivity index (χ0v) is 59.7. The number of aliphatic hydroxyl groups is 3. The number of ether oxygens (including phenoxy) is 2. The Morgan fingerprint density at radius 2 is 1.25 bits per heavy atom. The molecule has 1 aliphatic rings. The molecule has 35 heteroatoms. The highest BCUT2D eigenvalue weighted by molar-refractivity contribution is 9.10. The molecule has 2 aromatic carbocycles. The molecule has 2 aromatic rings. The van der Waals surface area contributed by atoms with E-state index in [2.05, 4.69) is 79.4 Å². The van der Waals surface area contributed by atoms with Gasteiger partial charge in [-0.2, -0.15) is 0 Å². The van der Waals surface area contributed by atoms with Crippen molar-refractivity contribution in [3.8, 4) is 0 Å². The number of cyclic esters (lactones) is 1. The van der Waals surface area contributed by atoms with E-state index in [1.807, 2.05) is 13.8 Å². The molecule has 3 rings (SSSR count). The van der Waals surface area contributed by atoms with Gasteiger partial charge in [-0.25, -0.2) is 9.59 Å². The van der Waals surface area contributed by atoms with E-state index in [9.17, 15) is 68.1 Å². The van der Waals surface area contributed by atoms with E-state index < -0.39 is 193 Å². The number of amides is 12. The fourth-order valence-electron chi connectivity index (χ4n) is 10.2. The molecule has 12 amide bonds. The molecular formula is C65H101BrN16O18. The van der Waals surface area contributed by atoms with E-state index in [0.29, 0.717) is 4.47 Å². The first-order valence-corrected chi connectivity index (χ1v) is 33.7. The summed E-state index contributed by atoms with van der Waals surface area (Å²) in [5, 5.41) is 60.4. The second kappa shape index (κ2) is 41.5. The summed E-state index contributed by atoms with van der Waals surface area (Å²) >= 11 is 3.25. The number of nitrogens with zero attached hydrogens (tertiary/aromatic N) is 1. The normalized spacial score (nSPS) is 23.3. The van der Waals surface area contributed by atoms with Crippen LogP contribution in [0.2, 0.25) is 0 Å². The maximum Gasteiger partial charge on any atom is 0.412 e. The number of hydrogen-bond acceptors (Lipinski definition) is 20. The van der Waals surface area contributed by atoms with E-state index in [4.69, 9.17) is 32.4 Å². The third-order valence-corrected chi connectivity index (χ3v) is 16.2. The minimum atomic E-state index is -2.52. The van der Waals surface area contributed by atoms with Crippen LogP contribution in [0.4, 0.5) is 10.5 Å². The third-order valence-electron chi connectivity index (χ3n) is 15.7. The van der Waals surface area contributed by atoms with Crippen LogP contribution in [-0.4, -0.2) is 197 Å². The molecule has 34 nitrogen and oxygen atoms in total. The number of aliphatic hydroxyl groups excluding tert-OH is 3. The standard InChI is InChI=1S/C65H101BrN16O18/c1-12-34(10)45-59(93)80-46(35(11)84)58(92)72-28-44(85)78-49(52(53(68)87)100-65(98)73-38-21-16-20-37(66)27-38)61(95)77-43(29-83)63(97)99-51(36-18-14-13-15-19-36)48(82-57(91)42(26-32(6)7)75-54(88)39(67)24-30(2)3)62(96)81-47(50(86)33(8)9)60(94)76-41(25-31(4)5)56(90)74-40(55(89)79-45)22-17-23-71-64(69)70/h13-16,18-21,27,30-35,39-43,45-52,83-84,86H,12,17,22-26,28-29,67H2,1-11H3,(H2,68,87)(H,72,92)(H,73,98)(H,74,90)(H,75,88)(H,76,94)(H,77,95)(H,78,85)(H,79,89)(H,80,93)(H,81,96)(H,82,91)(H4,69,70,71)/t34-,35-,39+,40+,41-,42-,43-,45-,46-,47-,48-,49-,50+,51+,52-/m0/s1. The van der Waals surface area contributed by atoms with Crippen molar-refractivity contribution in [3.63, 3.8) is 0 Å². The Kier molecular flexibility index (Phi) is 35.3. The lowest BCUT2D eigenvalue weighted by atomic mass is 9.95. The van der Waals surface area contributed by atoms with Gasteiger partial charge in [-0.1, -0.05) is 128 Å². The summed E-state index contributed by atoms with van der Waals surface area (Å²) in [4.78, 5) is 191. The second-order valence-electron chi connectivity index (χ2n) is 26.1. The summed E-state index contributed by atoms with van der Waals surface area (Å²) in [6.45, 7) is 15.1. The second-order valence-corrected chi connectivity index (χ2v) is 27.0. The number of aliphatic imine (C=N–C) groups is 1. The van der Waals surface area contributed by atoms with Gasteiger partial charge in [0.2, 0.25) is 65.2 Å². The number of hydrogen-bond donors (Lipinski definition) is 18. The van der Waals surface area contributed by atoms with Gasteiger partial charge < -0.3 is 101 Å². The van der Waals surface area contributed by atoms with Gasteiger partial charge in [0.15, 0.2) is 24.1 Å². The van der Waals surface area contributed by atoms with Crippen molar-refractivity contribution in [2.75, 3.05) is 25.0 Å². The highest BCUT2D eigenvalue weighted by atomic mass is 79.9. The van der Waals surface area contributed by atoms with E-state index >= 15 is 9.59 Å². The van der Waals surface area contributed by atoms with Gasteiger partial charge in [-0.3, -0.25) is 63.0 Å². The molecule has 1 heterocycles. The Morgan fingerprint density at radius 3 is 1.81 bits per heavy atom. The van der Waals surface area contributed by atoms with Crippen LogP contribution in [0.1, 0.15) is 126 Å². The number of rotatable bonds is 25. The molecule has 1 saturated heterocycles. The average molecular weight is 1470 g/mol. The molecule has 0 unspecified atom stereocenters. The minimum Gasteiger partial charge on any atom is -0.453 e. The molecule has 100 heavy (non-hydrogen) atoms. The lowest BCUT2D eigenvalue weighted by molar-refractivity contribution is -0.159. The molecule has 0 radical (unpaired) electrons. The molecule has 0 aliphatic carbocycles. The molecule has 1 fully saturated rings. The Labute approximate surface area is 589 Å². The summed E-state index contributed by atoms with van der Waals surface area (Å²) in [5.74, 6) is -17.6. The number of anilines is 1. The van der Waals surface area contributed by atoms with Crippen LogP contribution in [0.5, 0.6) is 0 Å². The Hall–Kier alpha value is -9.06. The summed E-state index contributed by atoms with van der Waals surface area (Å²) in [6.07, 6.45) is -9.67. The van der Waals surface area contributed by atoms with Crippen LogP contribution in [-0.2, 0) is 67.0 Å². The smallest absolute Gasteiger partial charge is 0.412 e. The number of carbonyl (C=O) groups excluding carboxylic acids is 13. The molecule has 556 valence electrons. The van der Waals surface area contributed by atoms with Gasteiger partial charge >= 0.3 is 12.1 Å². The minimum absolute atomic E-state index is 0.0294. The predicted octanol–water partition coefficient (Wildman–Crippen LogP) is -2.42. The molecule has 0 bridgehead atoms. The number of esters is 1. The van der Waals surface area contributed by atoms with Crippen LogP contribution in [0.15, 0.2) is 64.1 Å². The zero-order valence-electron chi connectivity index (χ0n) is 58.1. The Balaban J connectivity index is 2.49. The molecule has 0 saturated carbocycles. The molecule has 15 atom stereocenters. The van der Waals surface area contributed by atoms with Crippen LogP contribution in [0.25, 0.3) is 0 Å². The van der Waals surface area contributed by atoms with Crippen LogP contribution < -0.4 is 81.4 Å². The lowest BCUT2D eigenvalue weighted by Gasteiger charge is -2.34. The fraction of sp³-hybridized carbons (Fsp3) is 0.600. The number of guanidine groups is 1.